The van der Waals surface area contributed by atoms with E-state index in [9.17, 15) is 158 Å². The van der Waals surface area contributed by atoms with Crippen molar-refractivity contribution in [3.63, 3.8) is 0 Å². The molecular formula is C18HF35O7. The summed E-state index contributed by atoms with van der Waals surface area (Å²) in [5.74, 6) is -58.6. The van der Waals surface area contributed by atoms with Gasteiger partial charge in [0, 0.05) is 0 Å². The van der Waals surface area contributed by atoms with Gasteiger partial charge in [-0.2, -0.15) is 154 Å². The van der Waals surface area contributed by atoms with E-state index in [0.29, 0.717) is 9.47 Å². The molecule has 7 nitrogen and oxygen atoms in total. The van der Waals surface area contributed by atoms with E-state index in [1.54, 1.807) is 0 Å². The maximum absolute atomic E-state index is 14.6. The highest BCUT2D eigenvalue weighted by Crippen LogP contribution is 2.62. The van der Waals surface area contributed by atoms with Crippen LogP contribution in [0, 0.1) is 0 Å². The number of alkyl halides is 35. The van der Waals surface area contributed by atoms with Crippen molar-refractivity contribution in [2.75, 3.05) is 0 Å². The number of rotatable bonds is 16. The van der Waals surface area contributed by atoms with Gasteiger partial charge in [-0.15, -0.1) is 0 Å². The Morgan fingerprint density at radius 3 is 0.600 bits per heavy atom. The zero-order valence-corrected chi connectivity index (χ0v) is 25.1. The predicted molar refractivity (Wildman–Crippen MR) is 98.3 cm³/mol. The number of hydrogen-bond acceptors (Lipinski definition) is 6. The van der Waals surface area contributed by atoms with Crippen molar-refractivity contribution in [2.45, 2.75) is 103 Å². The van der Waals surface area contributed by atoms with Gasteiger partial charge in [-0.05, 0) is 0 Å². The molecule has 0 aliphatic carbocycles. The molecule has 0 heterocycles. The van der Waals surface area contributed by atoms with E-state index in [4.69, 9.17) is 5.11 Å². The first-order valence-electron chi connectivity index (χ1n) is 12.1. The second-order valence-corrected chi connectivity index (χ2v) is 9.94. The molecule has 0 bridgehead atoms. The van der Waals surface area contributed by atoms with Crippen LogP contribution in [0.3, 0.4) is 0 Å². The molecule has 0 aromatic rings. The fourth-order valence-electron chi connectivity index (χ4n) is 2.73. The van der Waals surface area contributed by atoms with E-state index in [2.05, 4.69) is 0 Å². The summed E-state index contributed by atoms with van der Waals surface area (Å²) < 4.78 is 472. The third kappa shape index (κ3) is 9.14. The molecule has 0 amide bonds. The van der Waals surface area contributed by atoms with Gasteiger partial charge in [0.2, 0.25) is 0 Å². The van der Waals surface area contributed by atoms with E-state index >= 15 is 0 Å². The van der Waals surface area contributed by atoms with Gasteiger partial charge in [0.25, 0.3) is 0 Å². The monoisotopic (exact) mass is 994 g/mol. The highest BCUT2D eigenvalue weighted by Gasteiger charge is 2.91. The summed E-state index contributed by atoms with van der Waals surface area (Å²) in [6, 6.07) is 0. The zero-order valence-electron chi connectivity index (χ0n) is 25.1. The summed E-state index contributed by atoms with van der Waals surface area (Å²) in [4.78, 5) is 10.3. The molecule has 0 saturated carbocycles. The number of carboxylic acid groups (broad SMARTS) is 1. The molecule has 0 saturated heterocycles. The number of halogens is 35. The van der Waals surface area contributed by atoms with Gasteiger partial charge in [0.05, 0.1) is 0 Å². The molecule has 1 N–H and O–H groups in total. The van der Waals surface area contributed by atoms with Gasteiger partial charge in [-0.3, -0.25) is 23.7 Å². The lowest BCUT2D eigenvalue weighted by Gasteiger charge is -2.44. The van der Waals surface area contributed by atoms with Crippen molar-refractivity contribution in [1.29, 1.82) is 0 Å². The van der Waals surface area contributed by atoms with Gasteiger partial charge in [0.1, 0.15) is 0 Å². The van der Waals surface area contributed by atoms with E-state index < -0.39 is 109 Å². The van der Waals surface area contributed by atoms with Crippen LogP contribution in [0.15, 0.2) is 0 Å². The summed E-state index contributed by atoms with van der Waals surface area (Å²) in [6.07, 6.45) is -98.3. The Bertz CT molecular complexity index is 1540. The molecule has 42 heteroatoms. The fraction of sp³-hybridized carbons (Fsp3) is 0.944. The molecule has 0 aromatic carbocycles. The van der Waals surface area contributed by atoms with Crippen molar-refractivity contribution >= 4 is 5.97 Å². The van der Waals surface area contributed by atoms with Gasteiger partial charge >= 0.3 is 109 Å². The summed E-state index contributed by atoms with van der Waals surface area (Å²) in [5.41, 5.74) is 0. The molecule has 360 valence electrons. The molecule has 0 aromatic heterocycles. The van der Waals surface area contributed by atoms with Crippen molar-refractivity contribution in [3.8, 4) is 0 Å². The van der Waals surface area contributed by atoms with Crippen molar-refractivity contribution < 1.29 is 187 Å². The summed E-state index contributed by atoms with van der Waals surface area (Å²) in [6.45, 7) is 0. The summed E-state index contributed by atoms with van der Waals surface area (Å²) in [7, 11) is 0. The topological polar surface area (TPSA) is 83.5 Å². The largest absolute Gasteiger partial charge is 0.477 e. The van der Waals surface area contributed by atoms with Gasteiger partial charge in [0.15, 0.2) is 0 Å². The van der Waals surface area contributed by atoms with Crippen LogP contribution in [-0.2, 0) is 28.5 Å². The smallest absolute Gasteiger partial charge is 0.462 e. The fourth-order valence-corrected chi connectivity index (χ4v) is 2.73. The third-order valence-corrected chi connectivity index (χ3v) is 5.66. The predicted octanol–water partition coefficient (Wildman–Crippen LogP) is 10.5. The average Bonchev–Trinajstić information content (AvgIpc) is 2.91. The zero-order chi connectivity index (χ0) is 49.6. The second-order valence-electron chi connectivity index (χ2n) is 9.94. The molecule has 0 fully saturated rings. The normalized spacial score (nSPS) is 20.7. The molecule has 0 aliphatic rings. The first kappa shape index (κ1) is 56.8. The van der Waals surface area contributed by atoms with Crippen LogP contribution >= 0.6 is 0 Å². The Balaban J connectivity index is 8.02. The molecule has 0 radical (unpaired) electrons. The lowest BCUT2D eigenvalue weighted by molar-refractivity contribution is -0.600. The van der Waals surface area contributed by atoms with E-state index in [0.717, 1.165) is 9.47 Å². The van der Waals surface area contributed by atoms with E-state index in [-0.39, 0.29) is 0 Å². The maximum atomic E-state index is 14.6. The van der Waals surface area contributed by atoms with Crippen LogP contribution < -0.4 is 0 Å². The van der Waals surface area contributed by atoms with Gasteiger partial charge in [-0.25, -0.2) is 4.79 Å². The lowest BCUT2D eigenvalue weighted by atomic mass is 10.2. The Morgan fingerprint density at radius 2 is 0.450 bits per heavy atom. The molecule has 60 heavy (non-hydrogen) atoms. The van der Waals surface area contributed by atoms with Crippen LogP contribution in [0.1, 0.15) is 0 Å². The van der Waals surface area contributed by atoms with E-state index in [1.165, 1.54) is 4.74 Å². The first-order valence-corrected chi connectivity index (χ1v) is 12.1. The molecule has 0 rings (SSSR count). The van der Waals surface area contributed by atoms with Gasteiger partial charge in [-0.1, -0.05) is 0 Å². The molecule has 0 spiro atoms. The Labute approximate surface area is 297 Å². The molecule has 5 atom stereocenters. The molecule has 0 unspecified atom stereocenters. The Hall–Kier alpha value is -3.18. The maximum Gasteiger partial charge on any atom is 0.462 e. The number of carboxylic acids is 1. The molecule has 0 aliphatic heterocycles. The average molecular weight is 994 g/mol. The second kappa shape index (κ2) is 14.7. The van der Waals surface area contributed by atoms with Crippen molar-refractivity contribution in [3.05, 3.63) is 0 Å². The van der Waals surface area contributed by atoms with E-state index in [1.807, 2.05) is 0 Å². The van der Waals surface area contributed by atoms with Crippen LogP contribution in [0.2, 0.25) is 0 Å². The first-order chi connectivity index (χ1) is 25.2. The SMILES string of the molecule is O=C(O)[C@@](F)(OC(F)(F)[C@](F)(OC(F)(F)[C@](F)(OC(F)(F)[C@](F)(OC(F)(F)[C@](F)(OC(F)(F)C(F)(F)C(F)(F)F)C(F)(F)F)C(F)(F)F)C(F)(F)F)C(F)(F)F)C(F)(F)F. The highest BCUT2D eigenvalue weighted by molar-refractivity contribution is 5.76. The minimum atomic E-state index is -9.62. The van der Waals surface area contributed by atoms with Crippen LogP contribution in [0.25, 0.3) is 0 Å². The Morgan fingerprint density at radius 1 is 0.267 bits per heavy atom. The number of carbonyl (C=O) groups is 1. The highest BCUT2D eigenvalue weighted by atomic mass is 19.5. The van der Waals surface area contributed by atoms with Crippen LogP contribution in [-0.4, -0.2) is 114 Å². The minimum Gasteiger partial charge on any atom is -0.477 e. The summed E-state index contributed by atoms with van der Waals surface area (Å²) in [5, 5.41) is 7.98. The van der Waals surface area contributed by atoms with Gasteiger partial charge < -0.3 is 5.11 Å². The van der Waals surface area contributed by atoms with Crippen LogP contribution in [0.5, 0.6) is 0 Å². The molecular weight excluding hydrogens is 993 g/mol. The number of hydrogen-bond donors (Lipinski definition) is 1. The van der Waals surface area contributed by atoms with Crippen LogP contribution in [0.4, 0.5) is 154 Å². The number of ether oxygens (including phenoxy) is 5. The quantitative estimate of drug-likeness (QED) is 0.154. The lowest BCUT2D eigenvalue weighted by Crippen LogP contribution is -2.73. The third-order valence-electron chi connectivity index (χ3n) is 5.66. The summed E-state index contributed by atoms with van der Waals surface area (Å²) >= 11 is 0. The number of aliphatic carboxylic acids is 1. The van der Waals surface area contributed by atoms with Crippen molar-refractivity contribution in [2.24, 2.45) is 0 Å². The minimum absolute atomic E-state index is 0.672. The van der Waals surface area contributed by atoms with Crippen molar-refractivity contribution in [1.82, 2.24) is 0 Å². The standard InChI is InChI=1S/C18HF35O7/c19-2(1(54)55,8(26,27)28)56-15(46,47)4(22,10(32,33)34)58-17(50,51)6(24,12(38,39)40)60-18(52,53)7(25,13(41,42)43)59-16(48,49)5(23,11(35,36)37)57-14(44,45)3(20,21)9(29,30)31/h(H,54,55)/t2-,4-,5-,6-,7-/m1/s1. The Kier molecular flexibility index (Phi) is 13.9.